The molecule has 1 amide bonds. The summed E-state index contributed by atoms with van der Waals surface area (Å²) in [6.45, 7) is 1.11. The summed E-state index contributed by atoms with van der Waals surface area (Å²) < 4.78 is 27.5. The standard InChI is InChI=1S/C11H14N2O4S/c12-18(15,16)10-3-1-2-8(6-10)11(14)13-9-4-5-17-7-9/h1-3,6,9H,4-5,7H2,(H,13,14)(H2,12,15,16). The van der Waals surface area contributed by atoms with Crippen LogP contribution in [0.4, 0.5) is 0 Å². The van der Waals surface area contributed by atoms with E-state index in [1.165, 1.54) is 18.2 Å². The number of carbonyl (C=O) groups is 1. The minimum Gasteiger partial charge on any atom is -0.379 e. The van der Waals surface area contributed by atoms with Crippen molar-refractivity contribution in [2.45, 2.75) is 17.4 Å². The van der Waals surface area contributed by atoms with Crippen molar-refractivity contribution in [3.05, 3.63) is 29.8 Å². The van der Waals surface area contributed by atoms with Crippen LogP contribution in [0.5, 0.6) is 0 Å². The van der Waals surface area contributed by atoms with Gasteiger partial charge in [-0.2, -0.15) is 0 Å². The summed E-state index contributed by atoms with van der Waals surface area (Å²) >= 11 is 0. The molecule has 1 heterocycles. The van der Waals surface area contributed by atoms with E-state index in [4.69, 9.17) is 9.88 Å². The predicted molar refractivity (Wildman–Crippen MR) is 64.5 cm³/mol. The average molecular weight is 270 g/mol. The van der Waals surface area contributed by atoms with Crippen LogP contribution in [-0.4, -0.2) is 33.6 Å². The van der Waals surface area contributed by atoms with Crippen LogP contribution in [0.1, 0.15) is 16.8 Å². The molecule has 0 aliphatic carbocycles. The number of hydrogen-bond donors (Lipinski definition) is 2. The first-order chi connectivity index (χ1) is 8.47. The van der Waals surface area contributed by atoms with Crippen molar-refractivity contribution in [2.24, 2.45) is 5.14 Å². The number of primary sulfonamides is 1. The SMILES string of the molecule is NS(=O)(=O)c1cccc(C(=O)NC2CCOC2)c1. The summed E-state index contributed by atoms with van der Waals surface area (Å²) in [5.41, 5.74) is 0.272. The first-order valence-electron chi connectivity index (χ1n) is 5.48. The number of ether oxygens (including phenoxy) is 1. The van der Waals surface area contributed by atoms with Crippen molar-refractivity contribution >= 4 is 15.9 Å². The fourth-order valence-corrected chi connectivity index (χ4v) is 2.29. The van der Waals surface area contributed by atoms with E-state index in [1.807, 2.05) is 0 Å². The Bertz CT molecular complexity index is 550. The molecule has 0 saturated carbocycles. The summed E-state index contributed by atoms with van der Waals surface area (Å²) in [5, 5.41) is 7.78. The Morgan fingerprint density at radius 2 is 2.22 bits per heavy atom. The number of nitrogens with one attached hydrogen (secondary N) is 1. The second-order valence-electron chi connectivity index (χ2n) is 4.11. The van der Waals surface area contributed by atoms with Crippen LogP contribution < -0.4 is 10.5 Å². The molecule has 0 radical (unpaired) electrons. The van der Waals surface area contributed by atoms with Gasteiger partial charge in [0.25, 0.3) is 5.91 Å². The van der Waals surface area contributed by atoms with Gasteiger partial charge in [-0.25, -0.2) is 13.6 Å². The number of rotatable bonds is 3. The normalized spacial score (nSPS) is 19.7. The topological polar surface area (TPSA) is 98.5 Å². The third kappa shape index (κ3) is 3.06. The van der Waals surface area contributed by atoms with Crippen LogP contribution in [0.3, 0.4) is 0 Å². The van der Waals surface area contributed by atoms with Crippen molar-refractivity contribution in [1.82, 2.24) is 5.32 Å². The van der Waals surface area contributed by atoms with Crippen LogP contribution >= 0.6 is 0 Å². The van der Waals surface area contributed by atoms with Gasteiger partial charge in [0.05, 0.1) is 17.5 Å². The maximum absolute atomic E-state index is 11.9. The van der Waals surface area contributed by atoms with Crippen LogP contribution in [0, 0.1) is 0 Å². The van der Waals surface area contributed by atoms with Crippen LogP contribution in [0.15, 0.2) is 29.2 Å². The highest BCUT2D eigenvalue weighted by Crippen LogP contribution is 2.11. The zero-order valence-electron chi connectivity index (χ0n) is 9.63. The van der Waals surface area contributed by atoms with Crippen molar-refractivity contribution in [2.75, 3.05) is 13.2 Å². The summed E-state index contributed by atoms with van der Waals surface area (Å²) in [5.74, 6) is -0.323. The number of nitrogens with two attached hydrogens (primary N) is 1. The number of carbonyl (C=O) groups excluding carboxylic acids is 1. The third-order valence-corrected chi connectivity index (χ3v) is 3.60. The molecule has 1 aliphatic rings. The maximum atomic E-state index is 11.9. The van der Waals surface area contributed by atoms with Gasteiger partial charge < -0.3 is 10.1 Å². The summed E-state index contributed by atoms with van der Waals surface area (Å²) in [6, 6.07) is 5.63. The van der Waals surface area contributed by atoms with E-state index in [-0.39, 0.29) is 22.4 Å². The Balaban J connectivity index is 2.15. The van der Waals surface area contributed by atoms with Crippen LogP contribution in [-0.2, 0) is 14.8 Å². The Labute approximate surface area is 105 Å². The van der Waals surface area contributed by atoms with Crippen LogP contribution in [0.2, 0.25) is 0 Å². The predicted octanol–water partition coefficient (Wildman–Crippen LogP) is -0.147. The average Bonchev–Trinajstić information content (AvgIpc) is 2.81. The zero-order chi connectivity index (χ0) is 13.2. The molecule has 1 aliphatic heterocycles. The van der Waals surface area contributed by atoms with Gasteiger partial charge in [0.1, 0.15) is 0 Å². The molecule has 2 rings (SSSR count). The lowest BCUT2D eigenvalue weighted by Gasteiger charge is -2.10. The van der Waals surface area contributed by atoms with Crippen molar-refractivity contribution in [3.8, 4) is 0 Å². The third-order valence-electron chi connectivity index (χ3n) is 2.69. The lowest BCUT2D eigenvalue weighted by molar-refractivity contribution is 0.0929. The highest BCUT2D eigenvalue weighted by Gasteiger charge is 2.19. The largest absolute Gasteiger partial charge is 0.379 e. The van der Waals surface area contributed by atoms with Gasteiger partial charge in [-0.1, -0.05) is 6.07 Å². The van der Waals surface area contributed by atoms with Gasteiger partial charge in [0, 0.05) is 12.2 Å². The van der Waals surface area contributed by atoms with E-state index in [0.717, 1.165) is 6.42 Å². The Kier molecular flexibility index (Phi) is 3.65. The lowest BCUT2D eigenvalue weighted by Crippen LogP contribution is -2.35. The summed E-state index contributed by atoms with van der Waals surface area (Å²) in [6.07, 6.45) is 0.765. The quantitative estimate of drug-likeness (QED) is 0.798. The fourth-order valence-electron chi connectivity index (χ4n) is 1.73. The molecule has 0 spiro atoms. The Hall–Kier alpha value is -1.44. The fraction of sp³-hybridized carbons (Fsp3) is 0.364. The number of sulfonamides is 1. The van der Waals surface area contributed by atoms with Gasteiger partial charge in [-0.05, 0) is 24.6 Å². The lowest BCUT2D eigenvalue weighted by atomic mass is 10.2. The second kappa shape index (κ2) is 5.05. The molecule has 1 aromatic rings. The molecule has 98 valence electrons. The van der Waals surface area contributed by atoms with Gasteiger partial charge in [-0.15, -0.1) is 0 Å². The summed E-state index contributed by atoms with van der Waals surface area (Å²) in [7, 11) is -3.79. The molecule has 18 heavy (non-hydrogen) atoms. The molecule has 1 aromatic carbocycles. The Morgan fingerprint density at radius 3 is 2.83 bits per heavy atom. The minimum atomic E-state index is -3.79. The monoisotopic (exact) mass is 270 g/mol. The van der Waals surface area contributed by atoms with E-state index in [0.29, 0.717) is 13.2 Å². The van der Waals surface area contributed by atoms with Crippen molar-refractivity contribution in [3.63, 3.8) is 0 Å². The van der Waals surface area contributed by atoms with Crippen LogP contribution in [0.25, 0.3) is 0 Å². The molecule has 6 nitrogen and oxygen atoms in total. The molecular weight excluding hydrogens is 256 g/mol. The molecule has 1 fully saturated rings. The van der Waals surface area contributed by atoms with Crippen molar-refractivity contribution in [1.29, 1.82) is 0 Å². The maximum Gasteiger partial charge on any atom is 0.251 e. The van der Waals surface area contributed by atoms with Crippen molar-refractivity contribution < 1.29 is 17.9 Å². The van der Waals surface area contributed by atoms with E-state index in [9.17, 15) is 13.2 Å². The van der Waals surface area contributed by atoms with E-state index in [2.05, 4.69) is 5.32 Å². The Morgan fingerprint density at radius 1 is 1.44 bits per heavy atom. The smallest absolute Gasteiger partial charge is 0.251 e. The molecule has 0 aromatic heterocycles. The highest BCUT2D eigenvalue weighted by molar-refractivity contribution is 7.89. The molecule has 1 atom stereocenters. The molecule has 3 N–H and O–H groups in total. The zero-order valence-corrected chi connectivity index (χ0v) is 10.4. The first kappa shape index (κ1) is 13.0. The molecular formula is C11H14N2O4S. The van der Waals surface area contributed by atoms with E-state index >= 15 is 0 Å². The van der Waals surface area contributed by atoms with Gasteiger partial charge in [0.15, 0.2) is 0 Å². The molecule has 0 bridgehead atoms. The first-order valence-corrected chi connectivity index (χ1v) is 7.03. The number of amides is 1. The molecule has 7 heteroatoms. The van der Waals surface area contributed by atoms with E-state index < -0.39 is 10.0 Å². The number of hydrogen-bond acceptors (Lipinski definition) is 4. The van der Waals surface area contributed by atoms with Gasteiger partial charge in [0.2, 0.25) is 10.0 Å². The molecule has 1 unspecified atom stereocenters. The van der Waals surface area contributed by atoms with E-state index in [1.54, 1.807) is 6.07 Å². The van der Waals surface area contributed by atoms with Gasteiger partial charge >= 0.3 is 0 Å². The second-order valence-corrected chi connectivity index (χ2v) is 5.67. The minimum absolute atomic E-state index is 0.0179. The summed E-state index contributed by atoms with van der Waals surface area (Å²) in [4.78, 5) is 11.8. The number of benzene rings is 1. The molecule has 1 saturated heterocycles. The highest BCUT2D eigenvalue weighted by atomic mass is 32.2. The van der Waals surface area contributed by atoms with Gasteiger partial charge in [-0.3, -0.25) is 4.79 Å².